The Morgan fingerprint density at radius 2 is 0.750 bits per heavy atom. The van der Waals surface area contributed by atoms with Crippen molar-refractivity contribution < 1.29 is 49.2 Å². The number of carbonyl (C=O) groups excluding carboxylic acids is 2. The van der Waals surface area contributed by atoms with Crippen LogP contribution >= 0.6 is 0 Å². The number of Topliss-reactive ketones (excluding diaryl/α,β-unsaturated/α-hetero) is 2. The molecule has 2 saturated carbocycles. The van der Waals surface area contributed by atoms with Crippen LogP contribution in [0.4, 0.5) is 0 Å². The molecule has 0 aromatic carbocycles. The van der Waals surface area contributed by atoms with Crippen molar-refractivity contribution in [2.45, 2.75) is 25.7 Å². The van der Waals surface area contributed by atoms with E-state index in [1.807, 2.05) is 0 Å². The number of hydrogen-bond donors (Lipinski definition) is 4. The average molecular weight is 344 g/mol. The number of carbonyl (C=O) groups is 6. The summed E-state index contributed by atoms with van der Waals surface area (Å²) in [6.45, 7) is 0. The zero-order valence-corrected chi connectivity index (χ0v) is 12.4. The molecule has 4 atom stereocenters. The molecule has 24 heavy (non-hydrogen) atoms. The number of carboxylic acids is 4. The molecule has 2 rings (SSSR count). The van der Waals surface area contributed by atoms with Gasteiger partial charge < -0.3 is 20.4 Å². The minimum absolute atomic E-state index is 0.377. The molecule has 0 amide bonds. The van der Waals surface area contributed by atoms with E-state index in [4.69, 9.17) is 20.4 Å². The van der Waals surface area contributed by atoms with Crippen LogP contribution in [0.2, 0.25) is 0 Å². The molecule has 2 aliphatic carbocycles. The quantitative estimate of drug-likeness (QED) is 0.458. The third kappa shape index (κ3) is 4.15. The van der Waals surface area contributed by atoms with E-state index in [2.05, 4.69) is 0 Å². The number of hydrogen-bond acceptors (Lipinski definition) is 6. The summed E-state index contributed by atoms with van der Waals surface area (Å²) in [7, 11) is 0. The van der Waals surface area contributed by atoms with E-state index in [-0.39, 0.29) is 0 Å². The zero-order valence-electron chi connectivity index (χ0n) is 12.4. The second kappa shape index (κ2) is 7.66. The molecule has 4 N–H and O–H groups in total. The van der Waals surface area contributed by atoms with Crippen molar-refractivity contribution in [2.24, 2.45) is 23.7 Å². The van der Waals surface area contributed by atoms with E-state index < -0.39 is 59.1 Å². The van der Waals surface area contributed by atoms with Gasteiger partial charge in [0.2, 0.25) is 11.6 Å². The van der Waals surface area contributed by atoms with E-state index in [0.717, 1.165) is 0 Å². The Bertz CT molecular complexity index is 540. The lowest BCUT2D eigenvalue weighted by molar-refractivity contribution is -0.159. The first-order chi connectivity index (χ1) is 11.1. The summed E-state index contributed by atoms with van der Waals surface area (Å²) in [5.41, 5.74) is 0. The van der Waals surface area contributed by atoms with E-state index in [1.165, 1.54) is 0 Å². The van der Waals surface area contributed by atoms with Gasteiger partial charge in [-0.2, -0.15) is 0 Å². The van der Waals surface area contributed by atoms with Gasteiger partial charge in [-0.15, -0.1) is 0 Å². The lowest BCUT2D eigenvalue weighted by Crippen LogP contribution is -2.41. The molecule has 10 nitrogen and oxygen atoms in total. The van der Waals surface area contributed by atoms with Gasteiger partial charge in [0, 0.05) is 11.8 Å². The van der Waals surface area contributed by atoms with Gasteiger partial charge in [-0.25, -0.2) is 9.59 Å². The molecule has 0 aliphatic heterocycles. The normalized spacial score (nSPS) is 27.3. The average Bonchev–Trinajstić information content (AvgIpc) is 2.34. The summed E-state index contributed by atoms with van der Waals surface area (Å²) in [4.78, 5) is 62.6. The molecule has 0 saturated heterocycles. The van der Waals surface area contributed by atoms with Gasteiger partial charge in [-0.05, 0) is 25.7 Å². The molecule has 2 fully saturated rings. The van der Waals surface area contributed by atoms with E-state index in [0.29, 0.717) is 25.7 Å². The molecule has 0 spiro atoms. The van der Waals surface area contributed by atoms with Gasteiger partial charge in [0.25, 0.3) is 0 Å². The maximum absolute atomic E-state index is 10.8. The molecule has 0 aromatic rings. The number of carboxylic acid groups (broad SMARTS) is 4. The van der Waals surface area contributed by atoms with E-state index >= 15 is 0 Å². The lowest BCUT2D eigenvalue weighted by atomic mass is 9.71. The first kappa shape index (κ1) is 19.3. The van der Waals surface area contributed by atoms with Gasteiger partial charge in [0.15, 0.2) is 0 Å². The van der Waals surface area contributed by atoms with E-state index in [1.54, 1.807) is 0 Å². The van der Waals surface area contributed by atoms with Crippen LogP contribution in [0.25, 0.3) is 0 Å². The highest BCUT2D eigenvalue weighted by atomic mass is 16.4. The largest absolute Gasteiger partial charge is 0.481 e. The lowest BCUT2D eigenvalue weighted by Gasteiger charge is -2.30. The Morgan fingerprint density at radius 1 is 0.500 bits per heavy atom. The first-order valence-electron chi connectivity index (χ1n) is 7.07. The summed E-state index contributed by atoms with van der Waals surface area (Å²) < 4.78 is 0. The second-order valence-electron chi connectivity index (χ2n) is 5.60. The third-order valence-corrected chi connectivity index (χ3v) is 4.28. The van der Waals surface area contributed by atoms with Crippen molar-refractivity contribution in [1.82, 2.24) is 0 Å². The molecular formula is C14H16O10. The van der Waals surface area contributed by atoms with Crippen LogP contribution < -0.4 is 0 Å². The van der Waals surface area contributed by atoms with Crippen LogP contribution in [0.15, 0.2) is 0 Å². The van der Waals surface area contributed by atoms with Crippen molar-refractivity contribution in [3.8, 4) is 0 Å². The predicted octanol–water partition coefficient (Wildman–Crippen LogP) is -0.498. The maximum Gasteiger partial charge on any atom is 0.372 e. The third-order valence-electron chi connectivity index (χ3n) is 4.28. The Morgan fingerprint density at radius 3 is 0.875 bits per heavy atom. The smallest absolute Gasteiger partial charge is 0.372 e. The fourth-order valence-corrected chi connectivity index (χ4v) is 2.54. The molecule has 10 heteroatoms. The Labute approximate surface area is 135 Å². The summed E-state index contributed by atoms with van der Waals surface area (Å²) in [5.74, 6) is -10.4. The summed E-state index contributed by atoms with van der Waals surface area (Å²) in [6.07, 6.45) is 1.56. The molecule has 4 unspecified atom stereocenters. The van der Waals surface area contributed by atoms with Gasteiger partial charge in [-0.1, -0.05) is 0 Å². The van der Waals surface area contributed by atoms with Gasteiger partial charge in [0.1, 0.15) is 0 Å². The molecule has 0 radical (unpaired) electrons. The first-order valence-corrected chi connectivity index (χ1v) is 7.07. The SMILES string of the molecule is O=C(O)C(=O)C1CCC1C(=O)O.O=C(O)C(=O)C1CCC1C(=O)O. The van der Waals surface area contributed by atoms with Crippen molar-refractivity contribution >= 4 is 35.4 Å². The molecular weight excluding hydrogens is 328 g/mol. The topological polar surface area (TPSA) is 183 Å². The van der Waals surface area contributed by atoms with Crippen molar-refractivity contribution in [1.29, 1.82) is 0 Å². The van der Waals surface area contributed by atoms with Crippen LogP contribution in [0.5, 0.6) is 0 Å². The fraction of sp³-hybridized carbons (Fsp3) is 0.571. The molecule has 0 bridgehead atoms. The molecule has 132 valence electrons. The molecule has 2 aliphatic rings. The van der Waals surface area contributed by atoms with Gasteiger partial charge in [-0.3, -0.25) is 19.2 Å². The fourth-order valence-electron chi connectivity index (χ4n) is 2.54. The van der Waals surface area contributed by atoms with Gasteiger partial charge in [0.05, 0.1) is 11.8 Å². The van der Waals surface area contributed by atoms with Crippen LogP contribution in [0.1, 0.15) is 25.7 Å². The number of aliphatic carboxylic acids is 4. The summed E-state index contributed by atoms with van der Waals surface area (Å²) in [6, 6.07) is 0. The zero-order chi connectivity index (χ0) is 18.6. The highest BCUT2D eigenvalue weighted by Gasteiger charge is 2.44. The second-order valence-corrected chi connectivity index (χ2v) is 5.60. The van der Waals surface area contributed by atoms with Crippen LogP contribution in [0.3, 0.4) is 0 Å². The monoisotopic (exact) mass is 344 g/mol. The Balaban J connectivity index is 0.000000240. The van der Waals surface area contributed by atoms with Crippen molar-refractivity contribution in [2.75, 3.05) is 0 Å². The maximum atomic E-state index is 10.8. The molecule has 0 heterocycles. The van der Waals surface area contributed by atoms with Crippen molar-refractivity contribution in [3.05, 3.63) is 0 Å². The Hall–Kier alpha value is -2.78. The summed E-state index contributed by atoms with van der Waals surface area (Å²) >= 11 is 0. The van der Waals surface area contributed by atoms with Crippen LogP contribution in [-0.4, -0.2) is 55.9 Å². The standard InChI is InChI=1S/2C7H8O5/c2*8-5(7(11)12)3-1-2-4(3)6(9)10/h2*3-4H,1-2H2,(H,9,10)(H,11,12). The number of rotatable bonds is 6. The van der Waals surface area contributed by atoms with E-state index in [9.17, 15) is 28.8 Å². The molecule has 0 aromatic heterocycles. The Kier molecular flexibility index (Phi) is 6.15. The highest BCUT2D eigenvalue weighted by molar-refractivity contribution is 6.34. The summed E-state index contributed by atoms with van der Waals surface area (Å²) in [5, 5.41) is 33.5. The minimum Gasteiger partial charge on any atom is -0.481 e. The predicted molar refractivity (Wildman–Crippen MR) is 73.0 cm³/mol. The highest BCUT2D eigenvalue weighted by Crippen LogP contribution is 2.35. The van der Waals surface area contributed by atoms with Crippen LogP contribution in [0, 0.1) is 23.7 Å². The minimum atomic E-state index is -1.54. The van der Waals surface area contributed by atoms with Gasteiger partial charge >= 0.3 is 23.9 Å². The van der Waals surface area contributed by atoms with Crippen molar-refractivity contribution in [3.63, 3.8) is 0 Å². The number of ketones is 2. The van der Waals surface area contributed by atoms with Crippen LogP contribution in [-0.2, 0) is 28.8 Å².